The topological polar surface area (TPSA) is 71.2 Å². The summed E-state index contributed by atoms with van der Waals surface area (Å²) in [6, 6.07) is 0. The van der Waals surface area contributed by atoms with Crippen molar-refractivity contribution >= 4 is 5.91 Å². The minimum Gasteiger partial charge on any atom is -0.396 e. The Hall–Kier alpha value is -1.43. The number of hydrogen-bond donors (Lipinski definition) is 1. The average molecular weight is 224 g/mol. The van der Waals surface area contributed by atoms with Crippen LogP contribution in [0.5, 0.6) is 0 Å². The van der Waals surface area contributed by atoms with E-state index in [-0.39, 0.29) is 19.1 Å². The molecule has 2 heterocycles. The number of aromatic nitrogens is 3. The first-order chi connectivity index (χ1) is 7.79. The number of carbonyl (C=O) groups excluding carboxylic acids is 1. The molecule has 1 aromatic heterocycles. The van der Waals surface area contributed by atoms with Crippen LogP contribution in [0.15, 0.2) is 12.4 Å². The van der Waals surface area contributed by atoms with Gasteiger partial charge in [0.1, 0.15) is 6.54 Å². The van der Waals surface area contributed by atoms with E-state index in [1.54, 1.807) is 12.4 Å². The molecule has 0 saturated carbocycles. The summed E-state index contributed by atoms with van der Waals surface area (Å²) in [5.74, 6) is 0.428. The molecule has 88 valence electrons. The number of piperidine rings is 1. The highest BCUT2D eigenvalue weighted by Crippen LogP contribution is 2.16. The van der Waals surface area contributed by atoms with Gasteiger partial charge in [0.15, 0.2) is 0 Å². The Bertz CT molecular complexity index is 331. The summed E-state index contributed by atoms with van der Waals surface area (Å²) >= 11 is 0. The molecule has 16 heavy (non-hydrogen) atoms. The fourth-order valence-corrected chi connectivity index (χ4v) is 1.92. The first-order valence-electron chi connectivity index (χ1n) is 5.52. The highest BCUT2D eigenvalue weighted by Gasteiger charge is 2.22. The van der Waals surface area contributed by atoms with Gasteiger partial charge in [-0.2, -0.15) is 0 Å². The third-order valence-electron chi connectivity index (χ3n) is 2.99. The van der Waals surface area contributed by atoms with Gasteiger partial charge in [0.2, 0.25) is 5.91 Å². The van der Waals surface area contributed by atoms with Crippen LogP contribution in [0.4, 0.5) is 0 Å². The summed E-state index contributed by atoms with van der Waals surface area (Å²) < 4.78 is 1.53. The molecule has 0 bridgehead atoms. The molecule has 1 aromatic rings. The summed E-state index contributed by atoms with van der Waals surface area (Å²) in [6.07, 6.45) is 5.02. The Morgan fingerprint density at radius 3 is 2.75 bits per heavy atom. The number of likely N-dealkylation sites (tertiary alicyclic amines) is 1. The third-order valence-corrected chi connectivity index (χ3v) is 2.99. The van der Waals surface area contributed by atoms with Gasteiger partial charge in [-0.3, -0.25) is 4.79 Å². The van der Waals surface area contributed by atoms with Gasteiger partial charge in [0.05, 0.1) is 6.20 Å². The smallest absolute Gasteiger partial charge is 0.244 e. The number of aliphatic hydroxyl groups is 1. The van der Waals surface area contributed by atoms with Crippen molar-refractivity contribution in [2.24, 2.45) is 5.92 Å². The molecule has 1 aliphatic rings. The number of nitrogens with zero attached hydrogens (tertiary/aromatic N) is 4. The van der Waals surface area contributed by atoms with Gasteiger partial charge >= 0.3 is 0 Å². The van der Waals surface area contributed by atoms with Crippen LogP contribution in [-0.2, 0) is 11.3 Å². The quantitative estimate of drug-likeness (QED) is 0.752. The molecule has 1 aliphatic heterocycles. The highest BCUT2D eigenvalue weighted by atomic mass is 16.3. The fraction of sp³-hybridized carbons (Fsp3) is 0.700. The lowest BCUT2D eigenvalue weighted by molar-refractivity contribution is -0.133. The number of rotatable bonds is 3. The molecule has 0 unspecified atom stereocenters. The summed E-state index contributed by atoms with van der Waals surface area (Å²) in [5.41, 5.74) is 0. The first kappa shape index (κ1) is 11.1. The van der Waals surface area contributed by atoms with E-state index >= 15 is 0 Å². The number of amides is 1. The predicted molar refractivity (Wildman–Crippen MR) is 56.4 cm³/mol. The maximum atomic E-state index is 11.8. The lowest BCUT2D eigenvalue weighted by Gasteiger charge is -2.31. The molecule has 1 N–H and O–H groups in total. The molecular weight excluding hydrogens is 208 g/mol. The molecule has 2 rings (SSSR count). The lowest BCUT2D eigenvalue weighted by Crippen LogP contribution is -2.40. The van der Waals surface area contributed by atoms with E-state index in [1.807, 2.05) is 4.90 Å². The van der Waals surface area contributed by atoms with E-state index in [0.29, 0.717) is 5.92 Å². The molecule has 0 radical (unpaired) electrons. The van der Waals surface area contributed by atoms with Gasteiger partial charge < -0.3 is 10.0 Å². The SMILES string of the molecule is O=C(Cn1ccnn1)N1CCC(CO)CC1. The molecule has 1 fully saturated rings. The molecule has 6 nitrogen and oxygen atoms in total. The predicted octanol–water partition coefficient (Wildman–Crippen LogP) is -0.491. The second-order valence-corrected chi connectivity index (χ2v) is 4.11. The molecule has 1 amide bonds. The summed E-state index contributed by atoms with van der Waals surface area (Å²) in [6.45, 7) is 1.95. The van der Waals surface area contributed by atoms with E-state index < -0.39 is 0 Å². The fourth-order valence-electron chi connectivity index (χ4n) is 1.92. The summed E-state index contributed by atoms with van der Waals surface area (Å²) in [5, 5.41) is 16.4. The Morgan fingerprint density at radius 2 is 2.19 bits per heavy atom. The van der Waals surface area contributed by atoms with Crippen LogP contribution in [0.2, 0.25) is 0 Å². The molecule has 0 atom stereocenters. The van der Waals surface area contributed by atoms with Crippen molar-refractivity contribution < 1.29 is 9.90 Å². The van der Waals surface area contributed by atoms with Crippen LogP contribution in [0.25, 0.3) is 0 Å². The Morgan fingerprint density at radius 1 is 1.44 bits per heavy atom. The van der Waals surface area contributed by atoms with Crippen LogP contribution < -0.4 is 0 Å². The monoisotopic (exact) mass is 224 g/mol. The third kappa shape index (κ3) is 2.57. The molecule has 6 heteroatoms. The van der Waals surface area contributed by atoms with Crippen LogP contribution >= 0.6 is 0 Å². The number of carbonyl (C=O) groups is 1. The Kier molecular flexibility index (Phi) is 3.51. The zero-order chi connectivity index (χ0) is 11.4. The maximum Gasteiger partial charge on any atom is 0.244 e. The summed E-state index contributed by atoms with van der Waals surface area (Å²) in [7, 11) is 0. The van der Waals surface area contributed by atoms with Crippen molar-refractivity contribution in [2.45, 2.75) is 19.4 Å². The van der Waals surface area contributed by atoms with Gasteiger partial charge in [0, 0.05) is 25.9 Å². The van der Waals surface area contributed by atoms with Crippen LogP contribution in [0.3, 0.4) is 0 Å². The van der Waals surface area contributed by atoms with E-state index in [0.717, 1.165) is 25.9 Å². The minimum absolute atomic E-state index is 0.0712. The van der Waals surface area contributed by atoms with Crippen LogP contribution in [-0.4, -0.2) is 50.6 Å². The summed E-state index contributed by atoms with van der Waals surface area (Å²) in [4.78, 5) is 13.7. The second-order valence-electron chi connectivity index (χ2n) is 4.11. The standard InChI is InChI=1S/C10H16N4O2/c15-8-9-1-4-13(5-2-9)10(16)7-14-6-3-11-12-14/h3,6,9,15H,1-2,4-5,7-8H2. The molecule has 0 aliphatic carbocycles. The molecule has 1 saturated heterocycles. The normalized spacial score (nSPS) is 17.7. The first-order valence-corrected chi connectivity index (χ1v) is 5.52. The highest BCUT2D eigenvalue weighted by molar-refractivity contribution is 5.75. The van der Waals surface area contributed by atoms with E-state index in [1.165, 1.54) is 4.68 Å². The van der Waals surface area contributed by atoms with Crippen molar-refractivity contribution in [1.82, 2.24) is 19.9 Å². The maximum absolute atomic E-state index is 11.8. The van der Waals surface area contributed by atoms with Crippen molar-refractivity contribution in [3.05, 3.63) is 12.4 Å². The van der Waals surface area contributed by atoms with Crippen molar-refractivity contribution in [3.8, 4) is 0 Å². The van der Waals surface area contributed by atoms with E-state index in [2.05, 4.69) is 10.3 Å². The number of aliphatic hydroxyl groups excluding tert-OH is 1. The van der Waals surface area contributed by atoms with Gasteiger partial charge in [-0.05, 0) is 18.8 Å². The van der Waals surface area contributed by atoms with Crippen molar-refractivity contribution in [1.29, 1.82) is 0 Å². The molecular formula is C10H16N4O2. The van der Waals surface area contributed by atoms with Gasteiger partial charge in [0.25, 0.3) is 0 Å². The van der Waals surface area contributed by atoms with Crippen LogP contribution in [0, 0.1) is 5.92 Å². The van der Waals surface area contributed by atoms with Gasteiger partial charge in [-0.1, -0.05) is 5.21 Å². The van der Waals surface area contributed by atoms with Gasteiger partial charge in [-0.25, -0.2) is 4.68 Å². The van der Waals surface area contributed by atoms with Crippen LogP contribution in [0.1, 0.15) is 12.8 Å². The van der Waals surface area contributed by atoms with Gasteiger partial charge in [-0.15, -0.1) is 5.10 Å². The zero-order valence-corrected chi connectivity index (χ0v) is 9.12. The van der Waals surface area contributed by atoms with Crippen molar-refractivity contribution in [2.75, 3.05) is 19.7 Å². The lowest BCUT2D eigenvalue weighted by atomic mass is 9.98. The Balaban J connectivity index is 1.82. The molecule has 0 spiro atoms. The van der Waals surface area contributed by atoms with E-state index in [9.17, 15) is 4.79 Å². The largest absolute Gasteiger partial charge is 0.396 e. The molecule has 0 aromatic carbocycles. The average Bonchev–Trinajstić information content (AvgIpc) is 2.82. The zero-order valence-electron chi connectivity index (χ0n) is 9.12. The second kappa shape index (κ2) is 5.07. The van der Waals surface area contributed by atoms with Crippen molar-refractivity contribution in [3.63, 3.8) is 0 Å². The number of hydrogen-bond acceptors (Lipinski definition) is 4. The minimum atomic E-state index is 0.0712. The Labute approximate surface area is 93.9 Å². The van der Waals surface area contributed by atoms with E-state index in [4.69, 9.17) is 5.11 Å².